The highest BCUT2D eigenvalue weighted by atomic mass is 16.5. The standard InChI is InChI=1S/C10H16N4O2/c1-3-16-7-6-14-10(8-15-2)9(4-5-11)12-13-14/h3-4,6-8H2,1-2H3. The Balaban J connectivity index is 2.71. The Hall–Kier alpha value is -1.45. The number of hydrogen-bond acceptors (Lipinski definition) is 5. The molecule has 0 aromatic carbocycles. The fraction of sp³-hybridized carbons (Fsp3) is 0.700. The van der Waals surface area contributed by atoms with Crippen molar-refractivity contribution in [2.75, 3.05) is 20.3 Å². The second-order valence-electron chi connectivity index (χ2n) is 3.17. The van der Waals surface area contributed by atoms with Crippen molar-refractivity contribution in [1.29, 1.82) is 5.26 Å². The maximum atomic E-state index is 8.64. The summed E-state index contributed by atoms with van der Waals surface area (Å²) in [6.07, 6.45) is 0.257. The van der Waals surface area contributed by atoms with Gasteiger partial charge in [0.2, 0.25) is 0 Å². The van der Waals surface area contributed by atoms with Gasteiger partial charge >= 0.3 is 0 Å². The summed E-state index contributed by atoms with van der Waals surface area (Å²) in [5.41, 5.74) is 1.53. The van der Waals surface area contributed by atoms with E-state index in [-0.39, 0.29) is 6.42 Å². The number of ether oxygens (including phenoxy) is 2. The molecule has 1 aromatic heterocycles. The van der Waals surface area contributed by atoms with E-state index in [1.807, 2.05) is 6.92 Å². The summed E-state index contributed by atoms with van der Waals surface area (Å²) < 4.78 is 12.0. The summed E-state index contributed by atoms with van der Waals surface area (Å²) in [6.45, 7) is 4.25. The first-order valence-electron chi connectivity index (χ1n) is 5.18. The monoisotopic (exact) mass is 224 g/mol. The molecule has 16 heavy (non-hydrogen) atoms. The first kappa shape index (κ1) is 12.6. The number of methoxy groups -OCH3 is 1. The predicted octanol–water partition coefficient (Wildman–Crippen LogP) is 0.527. The average Bonchev–Trinajstić information content (AvgIpc) is 2.64. The van der Waals surface area contributed by atoms with Crippen LogP contribution in [-0.4, -0.2) is 35.3 Å². The molecule has 1 aromatic rings. The van der Waals surface area contributed by atoms with Crippen molar-refractivity contribution in [1.82, 2.24) is 15.0 Å². The van der Waals surface area contributed by atoms with Crippen LogP contribution in [0.2, 0.25) is 0 Å². The zero-order valence-corrected chi connectivity index (χ0v) is 9.64. The molecule has 0 fully saturated rings. The van der Waals surface area contributed by atoms with Crippen molar-refractivity contribution in [2.24, 2.45) is 0 Å². The molecule has 0 amide bonds. The topological polar surface area (TPSA) is 73.0 Å². The Morgan fingerprint density at radius 2 is 2.31 bits per heavy atom. The highest BCUT2D eigenvalue weighted by Gasteiger charge is 2.11. The minimum Gasteiger partial charge on any atom is -0.380 e. The van der Waals surface area contributed by atoms with Crippen LogP contribution in [0.3, 0.4) is 0 Å². The molecule has 88 valence electrons. The summed E-state index contributed by atoms with van der Waals surface area (Å²) in [5, 5.41) is 16.6. The van der Waals surface area contributed by atoms with E-state index in [1.54, 1.807) is 11.8 Å². The maximum absolute atomic E-state index is 8.64. The molecular formula is C10H16N4O2. The fourth-order valence-corrected chi connectivity index (χ4v) is 1.35. The van der Waals surface area contributed by atoms with Gasteiger partial charge in [0.1, 0.15) is 5.69 Å². The summed E-state index contributed by atoms with van der Waals surface area (Å²) in [5.74, 6) is 0. The van der Waals surface area contributed by atoms with E-state index in [9.17, 15) is 0 Å². The van der Waals surface area contributed by atoms with Gasteiger partial charge in [0.05, 0.1) is 37.9 Å². The van der Waals surface area contributed by atoms with Crippen molar-refractivity contribution < 1.29 is 9.47 Å². The van der Waals surface area contributed by atoms with Gasteiger partial charge in [-0.1, -0.05) is 5.21 Å². The third-order valence-electron chi connectivity index (χ3n) is 2.10. The van der Waals surface area contributed by atoms with E-state index in [2.05, 4.69) is 16.4 Å². The van der Waals surface area contributed by atoms with Crippen LogP contribution >= 0.6 is 0 Å². The molecule has 6 heteroatoms. The normalized spacial score (nSPS) is 10.3. The summed E-state index contributed by atoms with van der Waals surface area (Å²) in [4.78, 5) is 0. The number of hydrogen-bond donors (Lipinski definition) is 0. The van der Waals surface area contributed by atoms with Crippen LogP contribution in [0.5, 0.6) is 0 Å². The van der Waals surface area contributed by atoms with Gasteiger partial charge in [-0.15, -0.1) is 5.10 Å². The molecule has 0 radical (unpaired) electrons. The molecule has 1 rings (SSSR count). The number of nitriles is 1. The smallest absolute Gasteiger partial charge is 0.102 e. The third kappa shape index (κ3) is 3.29. The second kappa shape index (κ2) is 6.93. The minimum absolute atomic E-state index is 0.257. The highest BCUT2D eigenvalue weighted by molar-refractivity contribution is 5.13. The van der Waals surface area contributed by atoms with Gasteiger partial charge in [0.15, 0.2) is 0 Å². The van der Waals surface area contributed by atoms with E-state index >= 15 is 0 Å². The third-order valence-corrected chi connectivity index (χ3v) is 2.10. The molecule has 0 bridgehead atoms. The molecule has 0 N–H and O–H groups in total. The molecule has 0 aliphatic heterocycles. The van der Waals surface area contributed by atoms with Crippen molar-refractivity contribution >= 4 is 0 Å². The average molecular weight is 224 g/mol. The summed E-state index contributed by atoms with van der Waals surface area (Å²) in [6, 6.07) is 2.06. The molecule has 6 nitrogen and oxygen atoms in total. The van der Waals surface area contributed by atoms with Crippen LogP contribution < -0.4 is 0 Å². The van der Waals surface area contributed by atoms with E-state index in [0.29, 0.717) is 32.1 Å². The van der Waals surface area contributed by atoms with Crippen molar-refractivity contribution in [3.8, 4) is 6.07 Å². The Morgan fingerprint density at radius 1 is 1.50 bits per heavy atom. The minimum atomic E-state index is 0.257. The summed E-state index contributed by atoms with van der Waals surface area (Å²) >= 11 is 0. The van der Waals surface area contributed by atoms with Crippen LogP contribution in [0, 0.1) is 11.3 Å². The zero-order valence-electron chi connectivity index (χ0n) is 9.64. The van der Waals surface area contributed by atoms with Crippen LogP contribution in [0.1, 0.15) is 18.3 Å². The van der Waals surface area contributed by atoms with Crippen LogP contribution in [0.15, 0.2) is 0 Å². The van der Waals surface area contributed by atoms with Gasteiger partial charge in [-0.25, -0.2) is 4.68 Å². The first-order valence-corrected chi connectivity index (χ1v) is 5.18. The van der Waals surface area contributed by atoms with Crippen molar-refractivity contribution in [3.63, 3.8) is 0 Å². The van der Waals surface area contributed by atoms with Crippen LogP contribution in [0.25, 0.3) is 0 Å². The van der Waals surface area contributed by atoms with E-state index in [4.69, 9.17) is 14.7 Å². The van der Waals surface area contributed by atoms with Gasteiger partial charge in [-0.2, -0.15) is 5.26 Å². The van der Waals surface area contributed by atoms with Crippen LogP contribution in [-0.2, 0) is 29.0 Å². The van der Waals surface area contributed by atoms with Gasteiger partial charge in [-0.05, 0) is 6.92 Å². The van der Waals surface area contributed by atoms with E-state index in [0.717, 1.165) is 5.69 Å². The Morgan fingerprint density at radius 3 is 2.94 bits per heavy atom. The molecule has 0 saturated heterocycles. The molecular weight excluding hydrogens is 208 g/mol. The van der Waals surface area contributed by atoms with Gasteiger partial charge < -0.3 is 9.47 Å². The van der Waals surface area contributed by atoms with Crippen molar-refractivity contribution in [2.45, 2.75) is 26.5 Å². The van der Waals surface area contributed by atoms with Gasteiger partial charge in [-0.3, -0.25) is 0 Å². The summed E-state index contributed by atoms with van der Waals surface area (Å²) in [7, 11) is 1.61. The van der Waals surface area contributed by atoms with E-state index in [1.165, 1.54) is 0 Å². The lowest BCUT2D eigenvalue weighted by Crippen LogP contribution is -2.11. The predicted molar refractivity (Wildman–Crippen MR) is 56.5 cm³/mol. The zero-order chi connectivity index (χ0) is 11.8. The molecule has 1 heterocycles. The fourth-order valence-electron chi connectivity index (χ4n) is 1.35. The quantitative estimate of drug-likeness (QED) is 0.631. The Kier molecular flexibility index (Phi) is 5.46. The molecule has 0 aliphatic carbocycles. The second-order valence-corrected chi connectivity index (χ2v) is 3.17. The molecule has 0 saturated carbocycles. The lowest BCUT2D eigenvalue weighted by molar-refractivity contribution is 0.130. The van der Waals surface area contributed by atoms with Gasteiger partial charge in [0.25, 0.3) is 0 Å². The molecule has 0 spiro atoms. The largest absolute Gasteiger partial charge is 0.380 e. The van der Waals surface area contributed by atoms with Gasteiger partial charge in [0, 0.05) is 13.7 Å². The maximum Gasteiger partial charge on any atom is 0.102 e. The Bertz CT molecular complexity index is 356. The Labute approximate surface area is 94.8 Å². The number of rotatable bonds is 7. The lowest BCUT2D eigenvalue weighted by atomic mass is 10.2. The van der Waals surface area contributed by atoms with Crippen LogP contribution in [0.4, 0.5) is 0 Å². The van der Waals surface area contributed by atoms with E-state index < -0.39 is 0 Å². The first-order chi connectivity index (χ1) is 7.83. The number of aromatic nitrogens is 3. The molecule has 0 aliphatic rings. The SMILES string of the molecule is CCOCCn1nnc(CC#N)c1COC. The molecule has 0 atom stereocenters. The molecule has 0 unspecified atom stereocenters. The number of nitrogens with zero attached hydrogens (tertiary/aromatic N) is 4. The lowest BCUT2D eigenvalue weighted by Gasteiger charge is -2.06. The van der Waals surface area contributed by atoms with Crippen molar-refractivity contribution in [3.05, 3.63) is 11.4 Å². The highest BCUT2D eigenvalue weighted by Crippen LogP contribution is 2.07.